The number of carbonyl (C=O) groups excluding carboxylic acids is 2. The number of benzene rings is 1. The lowest BCUT2D eigenvalue weighted by molar-refractivity contribution is -0.124. The van der Waals surface area contributed by atoms with Crippen LogP contribution < -0.4 is 20.1 Å². The fourth-order valence-electron chi connectivity index (χ4n) is 2.69. The molecule has 1 aliphatic rings. The van der Waals surface area contributed by atoms with Gasteiger partial charge in [0.1, 0.15) is 17.6 Å². The lowest BCUT2D eigenvalue weighted by Gasteiger charge is -2.14. The first-order chi connectivity index (χ1) is 11.9. The largest absolute Gasteiger partial charge is 0.492 e. The van der Waals surface area contributed by atoms with Crippen LogP contribution in [-0.2, 0) is 16.0 Å². The zero-order chi connectivity index (χ0) is 18.4. The Hall–Kier alpha value is -2.24. The Morgan fingerprint density at radius 1 is 1.32 bits per heavy atom. The summed E-state index contributed by atoms with van der Waals surface area (Å²) in [5, 5.41) is 5.45. The predicted molar refractivity (Wildman–Crippen MR) is 97.1 cm³/mol. The molecule has 0 saturated heterocycles. The Morgan fingerprint density at radius 2 is 2.08 bits per heavy atom. The molecule has 1 aliphatic heterocycles. The van der Waals surface area contributed by atoms with Crippen molar-refractivity contribution < 1.29 is 19.1 Å². The van der Waals surface area contributed by atoms with Crippen LogP contribution in [0.1, 0.15) is 46.1 Å². The van der Waals surface area contributed by atoms with E-state index in [1.807, 2.05) is 19.9 Å². The van der Waals surface area contributed by atoms with Gasteiger partial charge in [0.25, 0.3) is 0 Å². The summed E-state index contributed by atoms with van der Waals surface area (Å²) < 4.78 is 11.4. The predicted octanol–water partition coefficient (Wildman–Crippen LogP) is 2.90. The second-order valence-corrected chi connectivity index (χ2v) is 6.78. The van der Waals surface area contributed by atoms with Crippen molar-refractivity contribution in [2.45, 2.75) is 53.1 Å². The molecule has 0 saturated carbocycles. The lowest BCUT2D eigenvalue weighted by atomic mass is 10.1. The maximum Gasteiger partial charge on any atom is 0.243 e. The van der Waals surface area contributed by atoms with Crippen LogP contribution in [0, 0.1) is 5.92 Å². The molecule has 138 valence electrons. The molecule has 0 bridgehead atoms. The highest BCUT2D eigenvalue weighted by atomic mass is 16.5. The van der Waals surface area contributed by atoms with E-state index in [0.717, 1.165) is 24.2 Å². The summed E-state index contributed by atoms with van der Waals surface area (Å²) in [4.78, 5) is 23.9. The van der Waals surface area contributed by atoms with Gasteiger partial charge in [-0.3, -0.25) is 9.59 Å². The minimum absolute atomic E-state index is 0.0587. The van der Waals surface area contributed by atoms with E-state index in [4.69, 9.17) is 9.47 Å². The SMILES string of the molecule is CCOc1cc2c(cc1NC(=O)CNC(=O)CCC(C)C)OC(C)C2. The van der Waals surface area contributed by atoms with Gasteiger partial charge >= 0.3 is 0 Å². The van der Waals surface area contributed by atoms with Gasteiger partial charge in [-0.25, -0.2) is 0 Å². The summed E-state index contributed by atoms with van der Waals surface area (Å²) in [6, 6.07) is 3.71. The summed E-state index contributed by atoms with van der Waals surface area (Å²) in [6.07, 6.45) is 2.19. The molecule has 25 heavy (non-hydrogen) atoms. The van der Waals surface area contributed by atoms with Crippen molar-refractivity contribution in [2.24, 2.45) is 5.92 Å². The second-order valence-electron chi connectivity index (χ2n) is 6.78. The Balaban J connectivity index is 1.95. The Morgan fingerprint density at radius 3 is 2.76 bits per heavy atom. The van der Waals surface area contributed by atoms with Crippen molar-refractivity contribution in [3.63, 3.8) is 0 Å². The molecule has 0 spiro atoms. The standard InChI is InChI=1S/C19H28N2O4/c1-5-24-17-9-14-8-13(4)25-16(14)10-15(17)21-19(23)11-20-18(22)7-6-12(2)3/h9-10,12-13H,5-8,11H2,1-4H3,(H,20,22)(H,21,23). The van der Waals surface area contributed by atoms with E-state index < -0.39 is 0 Å². The van der Waals surface area contributed by atoms with Crippen molar-refractivity contribution in [1.29, 1.82) is 0 Å². The topological polar surface area (TPSA) is 76.7 Å². The van der Waals surface area contributed by atoms with E-state index in [1.165, 1.54) is 0 Å². The van der Waals surface area contributed by atoms with Crippen molar-refractivity contribution >= 4 is 17.5 Å². The number of anilines is 1. The molecule has 0 radical (unpaired) electrons. The van der Waals surface area contributed by atoms with Crippen LogP contribution in [0.3, 0.4) is 0 Å². The third kappa shape index (κ3) is 5.66. The van der Waals surface area contributed by atoms with Crippen LogP contribution in [0.5, 0.6) is 11.5 Å². The Bertz CT molecular complexity index is 628. The van der Waals surface area contributed by atoms with Crippen LogP contribution in [0.25, 0.3) is 0 Å². The fourth-order valence-corrected chi connectivity index (χ4v) is 2.69. The monoisotopic (exact) mass is 348 g/mol. The third-order valence-corrected chi connectivity index (χ3v) is 3.97. The summed E-state index contributed by atoms with van der Waals surface area (Å²) in [6.45, 7) is 8.47. The summed E-state index contributed by atoms with van der Waals surface area (Å²) in [5.41, 5.74) is 1.65. The summed E-state index contributed by atoms with van der Waals surface area (Å²) in [5.74, 6) is 1.46. The normalized spacial score (nSPS) is 15.5. The van der Waals surface area contributed by atoms with Gasteiger partial charge in [0.05, 0.1) is 18.8 Å². The molecule has 0 aromatic heterocycles. The van der Waals surface area contributed by atoms with Gasteiger partial charge in [-0.2, -0.15) is 0 Å². The quantitative estimate of drug-likeness (QED) is 0.757. The van der Waals surface area contributed by atoms with Crippen LogP contribution >= 0.6 is 0 Å². The molecule has 2 amide bonds. The highest BCUT2D eigenvalue weighted by Crippen LogP contribution is 2.37. The smallest absolute Gasteiger partial charge is 0.243 e. The second kappa shape index (κ2) is 8.74. The first kappa shape index (κ1) is 19.1. The first-order valence-electron chi connectivity index (χ1n) is 8.92. The average molecular weight is 348 g/mol. The first-order valence-corrected chi connectivity index (χ1v) is 8.92. The summed E-state index contributed by atoms with van der Waals surface area (Å²) in [7, 11) is 0. The maximum atomic E-state index is 12.2. The fraction of sp³-hybridized carbons (Fsp3) is 0.579. The number of nitrogens with one attached hydrogen (secondary N) is 2. The van der Waals surface area contributed by atoms with Crippen LogP contribution in [0.2, 0.25) is 0 Å². The van der Waals surface area contributed by atoms with Gasteiger partial charge in [0, 0.05) is 24.5 Å². The van der Waals surface area contributed by atoms with E-state index in [0.29, 0.717) is 30.4 Å². The molecular formula is C19H28N2O4. The lowest BCUT2D eigenvalue weighted by Crippen LogP contribution is -2.33. The Kier molecular flexibility index (Phi) is 6.67. The van der Waals surface area contributed by atoms with Gasteiger partial charge in [-0.15, -0.1) is 0 Å². The molecule has 1 heterocycles. The van der Waals surface area contributed by atoms with Crippen molar-refractivity contribution in [3.05, 3.63) is 17.7 Å². The van der Waals surface area contributed by atoms with E-state index in [9.17, 15) is 9.59 Å². The highest BCUT2D eigenvalue weighted by molar-refractivity contribution is 5.96. The molecule has 1 atom stereocenters. The minimum Gasteiger partial charge on any atom is -0.492 e. The van der Waals surface area contributed by atoms with Crippen LogP contribution in [0.4, 0.5) is 5.69 Å². The van der Waals surface area contributed by atoms with E-state index in [1.54, 1.807) is 6.07 Å². The minimum atomic E-state index is -0.287. The molecule has 6 heteroatoms. The number of hydrogen-bond donors (Lipinski definition) is 2. The van der Waals surface area contributed by atoms with E-state index in [2.05, 4.69) is 24.5 Å². The molecule has 2 N–H and O–H groups in total. The molecule has 6 nitrogen and oxygen atoms in total. The van der Waals surface area contributed by atoms with Crippen LogP contribution in [-0.4, -0.2) is 31.1 Å². The van der Waals surface area contributed by atoms with Gasteiger partial charge in [0.2, 0.25) is 11.8 Å². The number of carbonyl (C=O) groups is 2. The number of ether oxygens (including phenoxy) is 2. The number of hydrogen-bond acceptors (Lipinski definition) is 4. The zero-order valence-electron chi connectivity index (χ0n) is 15.5. The van der Waals surface area contributed by atoms with Crippen molar-refractivity contribution in [1.82, 2.24) is 5.32 Å². The Labute approximate surface area is 149 Å². The van der Waals surface area contributed by atoms with Gasteiger partial charge in [0.15, 0.2) is 0 Å². The van der Waals surface area contributed by atoms with E-state index in [-0.39, 0.29) is 24.5 Å². The average Bonchev–Trinajstić information content (AvgIpc) is 2.90. The van der Waals surface area contributed by atoms with E-state index >= 15 is 0 Å². The maximum absolute atomic E-state index is 12.2. The highest BCUT2D eigenvalue weighted by Gasteiger charge is 2.22. The molecular weight excluding hydrogens is 320 g/mol. The number of amides is 2. The van der Waals surface area contributed by atoms with Gasteiger partial charge in [-0.1, -0.05) is 13.8 Å². The third-order valence-electron chi connectivity index (χ3n) is 3.97. The molecule has 1 aromatic rings. The molecule has 1 aromatic carbocycles. The van der Waals surface area contributed by atoms with Crippen LogP contribution in [0.15, 0.2) is 12.1 Å². The number of rotatable bonds is 8. The molecule has 1 unspecified atom stereocenters. The summed E-state index contributed by atoms with van der Waals surface area (Å²) >= 11 is 0. The molecule has 0 aliphatic carbocycles. The molecule has 0 fully saturated rings. The van der Waals surface area contributed by atoms with Gasteiger partial charge < -0.3 is 20.1 Å². The molecule has 2 rings (SSSR count). The number of fused-ring (bicyclic) bond motifs is 1. The van der Waals surface area contributed by atoms with Gasteiger partial charge in [-0.05, 0) is 32.3 Å². The zero-order valence-corrected chi connectivity index (χ0v) is 15.5. The van der Waals surface area contributed by atoms with Crippen molar-refractivity contribution in [2.75, 3.05) is 18.5 Å². The van der Waals surface area contributed by atoms with Crippen molar-refractivity contribution in [3.8, 4) is 11.5 Å².